The summed E-state index contributed by atoms with van der Waals surface area (Å²) in [7, 11) is 0. The van der Waals surface area contributed by atoms with Crippen LogP contribution in [0, 0.1) is 11.7 Å². The number of amides is 2. The predicted molar refractivity (Wildman–Crippen MR) is 97.2 cm³/mol. The number of hydrogen-bond donors (Lipinski definition) is 2. The van der Waals surface area contributed by atoms with Crippen LogP contribution in [0.1, 0.15) is 51.5 Å². The molecule has 2 N–H and O–H groups in total. The Labute approximate surface area is 148 Å². The Bertz CT molecular complexity index is 628. The van der Waals surface area contributed by atoms with Gasteiger partial charge in [0.25, 0.3) is 0 Å². The smallest absolute Gasteiger partial charge is 0.224 e. The highest BCUT2D eigenvalue weighted by Gasteiger charge is 2.28. The van der Waals surface area contributed by atoms with Crippen molar-refractivity contribution in [3.8, 4) is 0 Å². The summed E-state index contributed by atoms with van der Waals surface area (Å²) >= 11 is 0. The van der Waals surface area contributed by atoms with E-state index in [-0.39, 0.29) is 42.1 Å². The quantitative estimate of drug-likeness (QED) is 0.829. The molecule has 0 unspecified atom stereocenters. The maximum Gasteiger partial charge on any atom is 0.224 e. The average Bonchev–Trinajstić information content (AvgIpc) is 2.54. The molecular formula is C20H27FN2O2. The van der Waals surface area contributed by atoms with Gasteiger partial charge in [-0.05, 0) is 50.8 Å². The van der Waals surface area contributed by atoms with Crippen molar-refractivity contribution in [2.24, 2.45) is 5.92 Å². The van der Waals surface area contributed by atoms with E-state index in [1.54, 1.807) is 24.3 Å². The number of hydrogen-bond acceptors (Lipinski definition) is 2. The summed E-state index contributed by atoms with van der Waals surface area (Å²) in [4.78, 5) is 24.2. The van der Waals surface area contributed by atoms with Crippen LogP contribution in [0.15, 0.2) is 30.3 Å². The fourth-order valence-corrected chi connectivity index (χ4v) is 3.16. The van der Waals surface area contributed by atoms with E-state index in [1.165, 1.54) is 12.1 Å². The largest absolute Gasteiger partial charge is 0.354 e. The average molecular weight is 346 g/mol. The second-order valence-electron chi connectivity index (χ2n) is 6.95. The van der Waals surface area contributed by atoms with Gasteiger partial charge >= 0.3 is 0 Å². The first-order chi connectivity index (χ1) is 11.9. The van der Waals surface area contributed by atoms with Crippen molar-refractivity contribution in [2.75, 3.05) is 0 Å². The molecule has 0 aromatic heterocycles. The molecule has 2 rings (SSSR count). The van der Waals surface area contributed by atoms with Crippen molar-refractivity contribution in [2.45, 2.75) is 58.0 Å². The number of halogens is 1. The molecule has 0 radical (unpaired) electrons. The van der Waals surface area contributed by atoms with Gasteiger partial charge in [-0.25, -0.2) is 4.39 Å². The number of carbonyl (C=O) groups is 2. The molecule has 1 aliphatic carbocycles. The lowest BCUT2D eigenvalue weighted by Gasteiger charge is -2.29. The highest BCUT2D eigenvalue weighted by molar-refractivity contribution is 5.80. The molecule has 25 heavy (non-hydrogen) atoms. The molecule has 0 heterocycles. The first kappa shape index (κ1) is 19.2. The Hall–Kier alpha value is -2.17. The lowest BCUT2D eigenvalue weighted by Crippen LogP contribution is -2.43. The van der Waals surface area contributed by atoms with Gasteiger partial charge in [-0.3, -0.25) is 9.59 Å². The lowest BCUT2D eigenvalue weighted by atomic mass is 9.85. The predicted octanol–water partition coefficient (Wildman–Crippen LogP) is 3.43. The van der Waals surface area contributed by atoms with Gasteiger partial charge in [0.15, 0.2) is 0 Å². The van der Waals surface area contributed by atoms with Crippen LogP contribution in [0.4, 0.5) is 4.39 Å². The Morgan fingerprint density at radius 1 is 1.32 bits per heavy atom. The van der Waals surface area contributed by atoms with Crippen molar-refractivity contribution in [3.63, 3.8) is 0 Å². The highest BCUT2D eigenvalue weighted by Crippen LogP contribution is 2.24. The maximum absolute atomic E-state index is 13.1. The number of carbonyl (C=O) groups excluding carboxylic acids is 2. The lowest BCUT2D eigenvalue weighted by molar-refractivity contribution is -0.128. The van der Waals surface area contributed by atoms with E-state index < -0.39 is 0 Å². The second-order valence-corrected chi connectivity index (χ2v) is 6.95. The minimum absolute atomic E-state index is 0.0238. The molecule has 2 atom stereocenters. The standard InChI is InChI=1S/C20H27FN2O2/c1-14(2)22-20(25)16-8-5-10-18(13-16)23-19(24)11-4-7-15-6-3-9-17(21)12-15/h3-4,6-7,9,12,14,16,18H,5,8,10-11,13H2,1-2H3,(H,22,25)(H,23,24)/b7-4+/t16-,18-/m0/s1. The normalized spacial score (nSPS) is 20.6. The van der Waals surface area contributed by atoms with E-state index in [4.69, 9.17) is 0 Å². The molecular weight excluding hydrogens is 319 g/mol. The molecule has 136 valence electrons. The number of rotatable bonds is 6. The monoisotopic (exact) mass is 346 g/mol. The first-order valence-corrected chi connectivity index (χ1v) is 8.96. The van der Waals surface area contributed by atoms with Crippen molar-refractivity contribution in [3.05, 3.63) is 41.7 Å². The molecule has 0 spiro atoms. The maximum atomic E-state index is 13.1. The summed E-state index contributed by atoms with van der Waals surface area (Å²) in [5.74, 6) is -0.300. The van der Waals surface area contributed by atoms with E-state index in [0.29, 0.717) is 6.42 Å². The van der Waals surface area contributed by atoms with E-state index in [0.717, 1.165) is 24.8 Å². The van der Waals surface area contributed by atoms with Crippen molar-refractivity contribution in [1.29, 1.82) is 0 Å². The zero-order valence-corrected chi connectivity index (χ0v) is 14.9. The van der Waals surface area contributed by atoms with E-state index in [1.807, 2.05) is 13.8 Å². The van der Waals surface area contributed by atoms with Gasteiger partial charge in [-0.1, -0.05) is 30.7 Å². The molecule has 5 heteroatoms. The minimum Gasteiger partial charge on any atom is -0.354 e. The third-order valence-corrected chi connectivity index (χ3v) is 4.30. The molecule has 4 nitrogen and oxygen atoms in total. The van der Waals surface area contributed by atoms with Crippen LogP contribution in [0.3, 0.4) is 0 Å². The molecule has 0 saturated heterocycles. The molecule has 1 aromatic rings. The summed E-state index contributed by atoms with van der Waals surface area (Å²) in [5.41, 5.74) is 0.732. The molecule has 2 amide bonds. The third kappa shape index (κ3) is 6.69. The summed E-state index contributed by atoms with van der Waals surface area (Å²) in [6.07, 6.45) is 7.14. The fraction of sp³-hybridized carbons (Fsp3) is 0.500. The summed E-state index contributed by atoms with van der Waals surface area (Å²) in [6.45, 7) is 3.90. The van der Waals surface area contributed by atoms with Crippen LogP contribution in [0.2, 0.25) is 0 Å². The van der Waals surface area contributed by atoms with Gasteiger partial charge in [-0.15, -0.1) is 0 Å². The topological polar surface area (TPSA) is 58.2 Å². The van der Waals surface area contributed by atoms with Crippen molar-refractivity contribution in [1.82, 2.24) is 10.6 Å². The molecule has 1 aliphatic rings. The van der Waals surface area contributed by atoms with Crippen molar-refractivity contribution < 1.29 is 14.0 Å². The summed E-state index contributed by atoms with van der Waals surface area (Å²) in [5, 5.41) is 5.96. The molecule has 0 aliphatic heterocycles. The number of nitrogens with one attached hydrogen (secondary N) is 2. The zero-order chi connectivity index (χ0) is 18.2. The van der Waals surface area contributed by atoms with Crippen LogP contribution in [-0.4, -0.2) is 23.9 Å². The number of benzene rings is 1. The van der Waals surface area contributed by atoms with Gasteiger partial charge in [-0.2, -0.15) is 0 Å². The van der Waals surface area contributed by atoms with Gasteiger partial charge in [0.2, 0.25) is 11.8 Å². The van der Waals surface area contributed by atoms with Gasteiger partial charge < -0.3 is 10.6 Å². The molecule has 1 fully saturated rings. The first-order valence-electron chi connectivity index (χ1n) is 8.96. The van der Waals surface area contributed by atoms with E-state index in [9.17, 15) is 14.0 Å². The van der Waals surface area contributed by atoms with E-state index >= 15 is 0 Å². The Kier molecular flexibility index (Phi) is 7.16. The van der Waals surface area contributed by atoms with Gasteiger partial charge in [0.05, 0.1) is 0 Å². The van der Waals surface area contributed by atoms with Crippen LogP contribution < -0.4 is 10.6 Å². The highest BCUT2D eigenvalue weighted by atomic mass is 19.1. The fourth-order valence-electron chi connectivity index (χ4n) is 3.16. The summed E-state index contributed by atoms with van der Waals surface area (Å²) in [6, 6.07) is 6.42. The second kappa shape index (κ2) is 9.35. The van der Waals surface area contributed by atoms with Gasteiger partial charge in [0, 0.05) is 24.4 Å². The Balaban J connectivity index is 1.78. The van der Waals surface area contributed by atoms with Crippen LogP contribution >= 0.6 is 0 Å². The molecule has 1 aromatic carbocycles. The summed E-state index contributed by atoms with van der Waals surface area (Å²) < 4.78 is 13.1. The van der Waals surface area contributed by atoms with Gasteiger partial charge in [0.1, 0.15) is 5.82 Å². The van der Waals surface area contributed by atoms with Crippen molar-refractivity contribution >= 4 is 17.9 Å². The van der Waals surface area contributed by atoms with E-state index in [2.05, 4.69) is 10.6 Å². The van der Waals surface area contributed by atoms with Crippen LogP contribution in [-0.2, 0) is 9.59 Å². The third-order valence-electron chi connectivity index (χ3n) is 4.30. The SMILES string of the molecule is CC(C)NC(=O)[C@H]1CCC[C@H](NC(=O)C/C=C/c2cccc(F)c2)C1. The minimum atomic E-state index is -0.292. The molecule has 0 bridgehead atoms. The Morgan fingerprint density at radius 2 is 2.12 bits per heavy atom. The van der Waals surface area contributed by atoms with Crippen LogP contribution in [0.5, 0.6) is 0 Å². The zero-order valence-electron chi connectivity index (χ0n) is 14.9. The van der Waals surface area contributed by atoms with Crippen LogP contribution in [0.25, 0.3) is 6.08 Å². The Morgan fingerprint density at radius 3 is 2.84 bits per heavy atom. The molecule has 1 saturated carbocycles.